The van der Waals surface area contributed by atoms with Crippen molar-refractivity contribution in [1.29, 1.82) is 0 Å². The standard InChI is InChI=1S/C13H24N4O2/c1-13(2,14)12-15-11(19-16-12)9-17(3)8-10-6-4-5-7-18-10/h10H,4-9,14H2,1-3H3. The molecule has 2 rings (SSSR count). The van der Waals surface area contributed by atoms with Crippen molar-refractivity contribution in [2.24, 2.45) is 5.73 Å². The van der Waals surface area contributed by atoms with Crippen molar-refractivity contribution < 1.29 is 9.26 Å². The molecule has 1 aliphatic heterocycles. The van der Waals surface area contributed by atoms with Crippen molar-refractivity contribution in [2.75, 3.05) is 20.2 Å². The lowest BCUT2D eigenvalue weighted by Gasteiger charge is -2.26. The summed E-state index contributed by atoms with van der Waals surface area (Å²) in [6.45, 7) is 6.12. The van der Waals surface area contributed by atoms with Gasteiger partial charge in [0.1, 0.15) is 0 Å². The van der Waals surface area contributed by atoms with Gasteiger partial charge in [-0.3, -0.25) is 4.90 Å². The molecule has 1 aromatic rings. The summed E-state index contributed by atoms with van der Waals surface area (Å²) in [5.74, 6) is 1.15. The van der Waals surface area contributed by atoms with Gasteiger partial charge in [-0.1, -0.05) is 5.16 Å². The molecular formula is C13H24N4O2. The van der Waals surface area contributed by atoms with Crippen LogP contribution < -0.4 is 5.73 Å². The molecule has 19 heavy (non-hydrogen) atoms. The van der Waals surface area contributed by atoms with Gasteiger partial charge in [-0.05, 0) is 40.2 Å². The van der Waals surface area contributed by atoms with E-state index >= 15 is 0 Å². The maximum atomic E-state index is 5.93. The minimum absolute atomic E-state index is 0.326. The van der Waals surface area contributed by atoms with E-state index in [4.69, 9.17) is 15.0 Å². The summed E-state index contributed by atoms with van der Waals surface area (Å²) < 4.78 is 10.9. The van der Waals surface area contributed by atoms with Gasteiger partial charge in [-0.2, -0.15) is 4.98 Å². The monoisotopic (exact) mass is 268 g/mol. The van der Waals surface area contributed by atoms with Gasteiger partial charge < -0.3 is 15.0 Å². The Morgan fingerprint density at radius 1 is 1.42 bits per heavy atom. The average molecular weight is 268 g/mol. The zero-order valence-corrected chi connectivity index (χ0v) is 12.1. The van der Waals surface area contributed by atoms with Crippen LogP contribution >= 0.6 is 0 Å². The van der Waals surface area contributed by atoms with E-state index in [2.05, 4.69) is 15.0 Å². The van der Waals surface area contributed by atoms with Crippen molar-refractivity contribution in [3.8, 4) is 0 Å². The molecular weight excluding hydrogens is 244 g/mol. The summed E-state index contributed by atoms with van der Waals surface area (Å²) in [6.07, 6.45) is 3.89. The van der Waals surface area contributed by atoms with Gasteiger partial charge in [-0.15, -0.1) is 0 Å². The fraction of sp³-hybridized carbons (Fsp3) is 0.846. The third-order valence-corrected chi connectivity index (χ3v) is 3.24. The van der Waals surface area contributed by atoms with E-state index in [0.717, 1.165) is 19.6 Å². The summed E-state index contributed by atoms with van der Waals surface area (Å²) in [4.78, 5) is 6.48. The first-order valence-corrected chi connectivity index (χ1v) is 6.87. The Hall–Kier alpha value is -0.980. The lowest BCUT2D eigenvalue weighted by molar-refractivity contribution is -0.00382. The fourth-order valence-corrected chi connectivity index (χ4v) is 2.18. The van der Waals surface area contributed by atoms with Crippen LogP contribution in [0.2, 0.25) is 0 Å². The Bertz CT molecular complexity index is 394. The molecule has 1 atom stereocenters. The van der Waals surface area contributed by atoms with E-state index in [-0.39, 0.29) is 0 Å². The highest BCUT2D eigenvalue weighted by Gasteiger charge is 2.22. The molecule has 108 valence electrons. The second-order valence-electron chi connectivity index (χ2n) is 5.92. The van der Waals surface area contributed by atoms with Gasteiger partial charge in [0.15, 0.2) is 5.82 Å². The van der Waals surface area contributed by atoms with Crippen molar-refractivity contribution in [3.05, 3.63) is 11.7 Å². The smallest absolute Gasteiger partial charge is 0.240 e. The van der Waals surface area contributed by atoms with Crippen molar-refractivity contribution in [2.45, 2.75) is 51.3 Å². The second-order valence-corrected chi connectivity index (χ2v) is 5.92. The molecule has 6 heteroatoms. The Balaban J connectivity index is 1.84. The Morgan fingerprint density at radius 2 is 2.21 bits per heavy atom. The third kappa shape index (κ3) is 4.26. The molecule has 6 nitrogen and oxygen atoms in total. The number of nitrogens with two attached hydrogens (primary N) is 1. The van der Waals surface area contributed by atoms with E-state index in [1.54, 1.807) is 0 Å². The van der Waals surface area contributed by atoms with E-state index in [9.17, 15) is 0 Å². The number of rotatable bonds is 5. The summed E-state index contributed by atoms with van der Waals surface area (Å²) in [5.41, 5.74) is 5.37. The SMILES string of the molecule is CN(Cc1nc(C(C)(C)N)no1)CC1CCCCO1. The largest absolute Gasteiger partial charge is 0.377 e. The molecule has 0 bridgehead atoms. The molecule has 0 aliphatic carbocycles. The first-order chi connectivity index (χ1) is 8.95. The number of ether oxygens (including phenoxy) is 1. The number of hydrogen-bond donors (Lipinski definition) is 1. The van der Waals surface area contributed by atoms with E-state index < -0.39 is 5.54 Å². The normalized spacial score (nSPS) is 21.0. The maximum Gasteiger partial charge on any atom is 0.240 e. The lowest BCUT2D eigenvalue weighted by Crippen LogP contribution is -2.33. The molecule has 0 saturated carbocycles. The molecule has 1 saturated heterocycles. The molecule has 0 radical (unpaired) electrons. The lowest BCUT2D eigenvalue weighted by atomic mass is 10.1. The summed E-state index contributed by atoms with van der Waals surface area (Å²) in [7, 11) is 2.04. The number of likely N-dealkylation sites (N-methyl/N-ethyl adjacent to an activating group) is 1. The van der Waals surface area contributed by atoms with Crippen LogP contribution in [0.3, 0.4) is 0 Å². The van der Waals surface area contributed by atoms with Gasteiger partial charge >= 0.3 is 0 Å². The number of aromatic nitrogens is 2. The Labute approximate surface area is 114 Å². The molecule has 0 amide bonds. The van der Waals surface area contributed by atoms with Crippen LogP contribution in [-0.4, -0.2) is 41.3 Å². The quantitative estimate of drug-likeness (QED) is 0.866. The molecule has 2 heterocycles. The molecule has 0 spiro atoms. The van der Waals surface area contributed by atoms with E-state index in [0.29, 0.717) is 24.4 Å². The van der Waals surface area contributed by atoms with Crippen LogP contribution in [0.15, 0.2) is 4.52 Å². The highest BCUT2D eigenvalue weighted by atomic mass is 16.5. The van der Waals surface area contributed by atoms with Crippen molar-refractivity contribution in [3.63, 3.8) is 0 Å². The van der Waals surface area contributed by atoms with E-state index in [1.807, 2.05) is 20.9 Å². The van der Waals surface area contributed by atoms with Crippen molar-refractivity contribution in [1.82, 2.24) is 15.0 Å². The predicted molar refractivity (Wildman–Crippen MR) is 71.4 cm³/mol. The number of nitrogens with zero attached hydrogens (tertiary/aromatic N) is 3. The van der Waals surface area contributed by atoms with E-state index in [1.165, 1.54) is 12.8 Å². The predicted octanol–water partition coefficient (Wildman–Crippen LogP) is 1.26. The minimum Gasteiger partial charge on any atom is -0.377 e. The van der Waals surface area contributed by atoms with Crippen LogP contribution in [-0.2, 0) is 16.8 Å². The van der Waals surface area contributed by atoms with Crippen LogP contribution in [0.25, 0.3) is 0 Å². The Morgan fingerprint density at radius 3 is 2.79 bits per heavy atom. The second kappa shape index (κ2) is 5.98. The molecule has 1 unspecified atom stereocenters. The van der Waals surface area contributed by atoms with Crippen molar-refractivity contribution >= 4 is 0 Å². The van der Waals surface area contributed by atoms with Crippen LogP contribution in [0, 0.1) is 0 Å². The van der Waals surface area contributed by atoms with Crippen LogP contribution in [0.1, 0.15) is 44.8 Å². The zero-order valence-electron chi connectivity index (χ0n) is 12.1. The van der Waals surface area contributed by atoms with Gasteiger partial charge in [0.2, 0.25) is 5.89 Å². The molecule has 1 aromatic heterocycles. The topological polar surface area (TPSA) is 77.4 Å². The first-order valence-electron chi connectivity index (χ1n) is 6.87. The van der Waals surface area contributed by atoms with Gasteiger partial charge in [0, 0.05) is 13.2 Å². The summed E-state index contributed by atoms with van der Waals surface area (Å²) in [6, 6.07) is 0. The number of hydrogen-bond acceptors (Lipinski definition) is 6. The highest BCUT2D eigenvalue weighted by Crippen LogP contribution is 2.16. The Kier molecular flexibility index (Phi) is 4.54. The maximum absolute atomic E-state index is 5.93. The fourth-order valence-electron chi connectivity index (χ4n) is 2.18. The zero-order chi connectivity index (χ0) is 13.9. The minimum atomic E-state index is -0.563. The summed E-state index contributed by atoms with van der Waals surface area (Å²) >= 11 is 0. The van der Waals surface area contributed by atoms with Gasteiger partial charge in [0.05, 0.1) is 18.2 Å². The van der Waals surface area contributed by atoms with Gasteiger partial charge in [-0.25, -0.2) is 0 Å². The summed E-state index contributed by atoms with van der Waals surface area (Å²) in [5, 5.41) is 3.92. The molecule has 1 aliphatic rings. The third-order valence-electron chi connectivity index (χ3n) is 3.24. The highest BCUT2D eigenvalue weighted by molar-refractivity contribution is 4.98. The van der Waals surface area contributed by atoms with Crippen LogP contribution in [0.5, 0.6) is 0 Å². The van der Waals surface area contributed by atoms with Gasteiger partial charge in [0.25, 0.3) is 0 Å². The molecule has 1 fully saturated rings. The average Bonchev–Trinajstić information content (AvgIpc) is 2.78. The van der Waals surface area contributed by atoms with Crippen LogP contribution in [0.4, 0.5) is 0 Å². The molecule has 0 aromatic carbocycles. The molecule has 2 N–H and O–H groups in total. The first kappa shape index (κ1) is 14.4.